The highest BCUT2D eigenvalue weighted by atomic mass is 32.1. The molecular formula is C54H36N4S. The van der Waals surface area contributed by atoms with Gasteiger partial charge in [-0.15, -0.1) is 11.3 Å². The van der Waals surface area contributed by atoms with Gasteiger partial charge < -0.3 is 15.2 Å². The number of thiophene rings is 1. The van der Waals surface area contributed by atoms with E-state index in [0.29, 0.717) is 0 Å². The maximum atomic E-state index is 5.19. The number of hydrogen-bond donors (Lipinski definition) is 2. The molecule has 0 aliphatic carbocycles. The van der Waals surface area contributed by atoms with Crippen LogP contribution in [-0.2, 0) is 0 Å². The molecule has 5 heteroatoms. The van der Waals surface area contributed by atoms with E-state index in [1.165, 1.54) is 69.4 Å². The van der Waals surface area contributed by atoms with Gasteiger partial charge in [0.05, 0.1) is 22.1 Å². The maximum absolute atomic E-state index is 5.19. The summed E-state index contributed by atoms with van der Waals surface area (Å²) in [6.07, 6.45) is -0.390. The second-order valence-corrected chi connectivity index (χ2v) is 16.3. The van der Waals surface area contributed by atoms with E-state index in [2.05, 4.69) is 215 Å². The molecule has 0 spiro atoms. The molecule has 11 aromatic rings. The molecule has 2 N–H and O–H groups in total. The van der Waals surface area contributed by atoms with Crippen LogP contribution in [0.4, 0.5) is 5.69 Å². The van der Waals surface area contributed by atoms with Crippen LogP contribution in [-0.4, -0.2) is 10.9 Å². The third-order valence-corrected chi connectivity index (χ3v) is 12.9. The van der Waals surface area contributed by atoms with Crippen molar-refractivity contribution in [2.75, 3.05) is 5.32 Å². The smallest absolute Gasteiger partial charge is 0.194 e. The first-order chi connectivity index (χ1) is 29.2. The first kappa shape index (κ1) is 33.6. The van der Waals surface area contributed by atoms with Crippen LogP contribution >= 0.6 is 11.3 Å². The second kappa shape index (κ2) is 13.6. The average Bonchev–Trinajstić information content (AvgIpc) is 3.85. The molecule has 0 bridgehead atoms. The lowest BCUT2D eigenvalue weighted by molar-refractivity contribution is 0.665. The van der Waals surface area contributed by atoms with E-state index in [1.807, 2.05) is 11.3 Å². The van der Waals surface area contributed by atoms with Crippen molar-refractivity contribution in [1.29, 1.82) is 0 Å². The lowest BCUT2D eigenvalue weighted by atomic mass is 9.93. The Hall–Kier alpha value is -7.47. The van der Waals surface area contributed by atoms with Crippen LogP contribution in [0.1, 0.15) is 5.56 Å². The van der Waals surface area contributed by atoms with Crippen LogP contribution in [0.3, 0.4) is 0 Å². The van der Waals surface area contributed by atoms with E-state index in [-0.39, 0.29) is 0 Å². The summed E-state index contributed by atoms with van der Waals surface area (Å²) in [5.41, 5.74) is 11.4. The molecule has 0 radical (unpaired) electrons. The molecule has 1 aliphatic heterocycles. The number of para-hydroxylation sites is 3. The van der Waals surface area contributed by atoms with Gasteiger partial charge in [-0.1, -0.05) is 146 Å². The SMILES string of the molecule is c1ccc(C2=c3ccccc3=NC(Nc3ccccc3-c3cc4ccccc4c4c3c3cc(-c5ccc6c(c5)sc5ccccc56)ccc3n4-c3ccccc3)N2)cc1. The summed E-state index contributed by atoms with van der Waals surface area (Å²) in [5.74, 6) is 0. The first-order valence-electron chi connectivity index (χ1n) is 20.1. The van der Waals surface area contributed by atoms with Crippen molar-refractivity contribution in [2.24, 2.45) is 4.99 Å². The van der Waals surface area contributed by atoms with Gasteiger partial charge in [-0.25, -0.2) is 4.99 Å². The van der Waals surface area contributed by atoms with E-state index in [1.54, 1.807) is 0 Å². The predicted octanol–water partition coefficient (Wildman–Crippen LogP) is 12.4. The minimum atomic E-state index is -0.390. The fourth-order valence-electron chi connectivity index (χ4n) is 9.11. The Kier molecular flexibility index (Phi) is 7.75. The topological polar surface area (TPSA) is 41.4 Å². The van der Waals surface area contributed by atoms with Crippen molar-refractivity contribution < 1.29 is 0 Å². The standard InChI is InChI=1S/C54H36N4S/c1-3-15-34(16-4-1)52-43-23-10-13-25-47(43)56-54(57-52)55-46-24-12-9-21-40(46)44-32-37-17-7-8-20-39(37)53-51(44)45-31-35(28-30-48(45)58(53)38-18-5-2-6-19-38)36-27-29-42-41-22-11-14-26-49(41)59-50(42)33-36/h1-33,54-55,57H. The minimum Gasteiger partial charge on any atom is -0.346 e. The number of benzene rings is 9. The predicted molar refractivity (Wildman–Crippen MR) is 249 cm³/mol. The van der Waals surface area contributed by atoms with Crippen LogP contribution in [0.5, 0.6) is 0 Å². The van der Waals surface area contributed by atoms with Crippen LogP contribution in [0, 0.1) is 0 Å². The third kappa shape index (κ3) is 5.54. The van der Waals surface area contributed by atoms with Gasteiger partial charge in [0.15, 0.2) is 6.29 Å². The van der Waals surface area contributed by atoms with Gasteiger partial charge in [-0.3, -0.25) is 0 Å². The molecule has 0 amide bonds. The summed E-state index contributed by atoms with van der Waals surface area (Å²) in [4.78, 5) is 5.19. The van der Waals surface area contributed by atoms with Gasteiger partial charge in [0.25, 0.3) is 0 Å². The highest BCUT2D eigenvalue weighted by molar-refractivity contribution is 7.25. The number of nitrogens with zero attached hydrogens (tertiary/aromatic N) is 2. The average molecular weight is 773 g/mol. The third-order valence-electron chi connectivity index (χ3n) is 11.8. The molecule has 12 rings (SSSR count). The summed E-state index contributed by atoms with van der Waals surface area (Å²) >= 11 is 1.86. The molecule has 0 saturated carbocycles. The van der Waals surface area contributed by atoms with Crippen molar-refractivity contribution in [3.8, 4) is 27.9 Å². The Balaban J connectivity index is 1.08. The van der Waals surface area contributed by atoms with Crippen molar-refractivity contribution in [3.05, 3.63) is 216 Å². The van der Waals surface area contributed by atoms with Crippen LogP contribution in [0.2, 0.25) is 0 Å². The van der Waals surface area contributed by atoms with E-state index in [9.17, 15) is 0 Å². The zero-order valence-corrected chi connectivity index (χ0v) is 32.7. The normalized spacial score (nSPS) is 13.8. The largest absolute Gasteiger partial charge is 0.346 e. The monoisotopic (exact) mass is 772 g/mol. The molecule has 3 heterocycles. The highest BCUT2D eigenvalue weighted by Crippen LogP contribution is 2.46. The summed E-state index contributed by atoms with van der Waals surface area (Å²) < 4.78 is 5.08. The van der Waals surface area contributed by atoms with Crippen molar-refractivity contribution in [2.45, 2.75) is 6.29 Å². The molecule has 1 aliphatic rings. The minimum absolute atomic E-state index is 0.390. The molecule has 278 valence electrons. The molecule has 1 unspecified atom stereocenters. The van der Waals surface area contributed by atoms with Gasteiger partial charge in [0, 0.05) is 58.5 Å². The first-order valence-corrected chi connectivity index (χ1v) is 20.9. The molecule has 4 nitrogen and oxygen atoms in total. The van der Waals surface area contributed by atoms with E-state index < -0.39 is 6.29 Å². The Bertz CT molecular complexity index is 3570. The summed E-state index contributed by atoms with van der Waals surface area (Å²) in [6, 6.07) is 72.2. The Labute approximate surface area is 344 Å². The number of hydrogen-bond acceptors (Lipinski definition) is 4. The van der Waals surface area contributed by atoms with E-state index in [0.717, 1.165) is 38.8 Å². The second-order valence-electron chi connectivity index (χ2n) is 15.2. The van der Waals surface area contributed by atoms with Gasteiger partial charge in [0.1, 0.15) is 0 Å². The zero-order chi connectivity index (χ0) is 38.9. The quantitative estimate of drug-likeness (QED) is 0.177. The van der Waals surface area contributed by atoms with Gasteiger partial charge in [-0.05, 0) is 82.2 Å². The van der Waals surface area contributed by atoms with Crippen molar-refractivity contribution in [3.63, 3.8) is 0 Å². The molecule has 59 heavy (non-hydrogen) atoms. The van der Waals surface area contributed by atoms with Crippen LogP contribution < -0.4 is 21.2 Å². The van der Waals surface area contributed by atoms with Gasteiger partial charge in [-0.2, -0.15) is 0 Å². The van der Waals surface area contributed by atoms with Crippen LogP contribution in [0.25, 0.3) is 86.4 Å². The molecule has 0 fully saturated rings. The van der Waals surface area contributed by atoms with E-state index >= 15 is 0 Å². The molecular weight excluding hydrogens is 737 g/mol. The number of nitrogens with one attached hydrogen (secondary N) is 2. The van der Waals surface area contributed by atoms with Gasteiger partial charge in [0.2, 0.25) is 0 Å². The summed E-state index contributed by atoms with van der Waals surface area (Å²) in [5, 5.41) is 17.1. The number of rotatable bonds is 6. The Morgan fingerprint density at radius 1 is 0.508 bits per heavy atom. The lowest BCUT2D eigenvalue weighted by Crippen LogP contribution is -2.46. The van der Waals surface area contributed by atoms with E-state index in [4.69, 9.17) is 4.99 Å². The summed E-state index contributed by atoms with van der Waals surface area (Å²) in [7, 11) is 0. The van der Waals surface area contributed by atoms with Gasteiger partial charge >= 0.3 is 0 Å². The van der Waals surface area contributed by atoms with Crippen molar-refractivity contribution >= 4 is 75.5 Å². The molecule has 1 atom stereocenters. The van der Waals surface area contributed by atoms with Crippen LogP contribution in [0.15, 0.2) is 205 Å². The van der Waals surface area contributed by atoms with Crippen molar-refractivity contribution in [1.82, 2.24) is 9.88 Å². The summed E-state index contributed by atoms with van der Waals surface area (Å²) in [6.45, 7) is 0. The lowest BCUT2D eigenvalue weighted by Gasteiger charge is -2.25. The molecule has 2 aromatic heterocycles. The highest BCUT2D eigenvalue weighted by Gasteiger charge is 2.23. The maximum Gasteiger partial charge on any atom is 0.194 e. The Morgan fingerprint density at radius 2 is 1.20 bits per heavy atom. The zero-order valence-electron chi connectivity index (χ0n) is 31.9. The number of anilines is 1. The Morgan fingerprint density at radius 3 is 2.10 bits per heavy atom. The molecule has 9 aromatic carbocycles. The fourth-order valence-corrected chi connectivity index (χ4v) is 10.3. The number of fused-ring (bicyclic) bond motifs is 9. The fraction of sp³-hybridized carbons (Fsp3) is 0.0185. The number of aromatic nitrogens is 1. The molecule has 0 saturated heterocycles.